The van der Waals surface area contributed by atoms with Crippen molar-refractivity contribution in [3.8, 4) is 11.3 Å². The highest BCUT2D eigenvalue weighted by Crippen LogP contribution is 2.33. The van der Waals surface area contributed by atoms with Crippen LogP contribution in [-0.4, -0.2) is 15.9 Å². The van der Waals surface area contributed by atoms with Gasteiger partial charge in [0.15, 0.2) is 0 Å². The number of aromatic nitrogens is 2. The van der Waals surface area contributed by atoms with Gasteiger partial charge in [-0.25, -0.2) is 4.98 Å². The smallest absolute Gasteiger partial charge is 0.253 e. The third-order valence-electron chi connectivity index (χ3n) is 4.14. The highest BCUT2D eigenvalue weighted by molar-refractivity contribution is 7.27. The van der Waals surface area contributed by atoms with E-state index in [0.717, 1.165) is 33.2 Å². The maximum Gasteiger partial charge on any atom is 0.253 e. The van der Waals surface area contributed by atoms with Crippen LogP contribution in [0.15, 0.2) is 36.5 Å². The van der Waals surface area contributed by atoms with Crippen molar-refractivity contribution in [2.45, 2.75) is 19.4 Å². The fourth-order valence-electron chi connectivity index (χ4n) is 3.03. The molecule has 0 aliphatic carbocycles. The fourth-order valence-corrected chi connectivity index (χ4v) is 3.30. The molecule has 3 heterocycles. The third-order valence-corrected chi connectivity index (χ3v) is 4.50. The molecule has 0 radical (unpaired) electrons. The lowest BCUT2D eigenvalue weighted by Gasteiger charge is -2.18. The Bertz CT molecular complexity index is 927. The molecule has 4 rings (SSSR count). The lowest BCUT2D eigenvalue weighted by Crippen LogP contribution is -2.33. The molecule has 0 saturated heterocycles. The van der Waals surface area contributed by atoms with Crippen molar-refractivity contribution in [1.29, 1.82) is 0 Å². The van der Waals surface area contributed by atoms with Crippen LogP contribution < -0.4 is 10.6 Å². The average Bonchev–Trinajstić information content (AvgIpc) is 2.97. The monoisotopic (exact) mass is 309 g/mol. The Morgan fingerprint density at radius 1 is 1.14 bits per heavy atom. The van der Waals surface area contributed by atoms with Gasteiger partial charge in [-0.15, -0.1) is 9.24 Å². The number of carbonyl (C=O) groups excluding carboxylic acids is 1. The van der Waals surface area contributed by atoms with Crippen LogP contribution in [0.4, 0.5) is 0 Å². The maximum atomic E-state index is 12.0. The van der Waals surface area contributed by atoms with Crippen molar-refractivity contribution in [1.82, 2.24) is 15.3 Å². The Morgan fingerprint density at radius 3 is 2.77 bits per heavy atom. The number of nitrogens with one attached hydrogen (secondary N) is 2. The van der Waals surface area contributed by atoms with Gasteiger partial charge in [0, 0.05) is 22.7 Å². The van der Waals surface area contributed by atoms with Gasteiger partial charge >= 0.3 is 0 Å². The van der Waals surface area contributed by atoms with Crippen LogP contribution in [0.2, 0.25) is 0 Å². The number of rotatable bonds is 1. The minimum absolute atomic E-state index is 0.0503. The molecule has 0 saturated carbocycles. The number of H-pyrrole nitrogens is 1. The molecule has 2 N–H and O–H groups in total. The van der Waals surface area contributed by atoms with Crippen LogP contribution in [0.5, 0.6) is 0 Å². The van der Waals surface area contributed by atoms with Crippen molar-refractivity contribution in [2.75, 3.05) is 0 Å². The van der Waals surface area contributed by atoms with E-state index in [1.54, 1.807) is 0 Å². The zero-order chi connectivity index (χ0) is 15.5. The molecule has 1 aliphatic heterocycles. The standard InChI is InChI=1S/C17H16N3OP/c1-17(2)15-11(16(21)20-17)5-6-13(19-15)12-8-18-14-7-9(22)3-4-10(12)14/h3-8,18H,22H2,1-2H3,(H,20,21). The van der Waals surface area contributed by atoms with Crippen LogP contribution in [0.3, 0.4) is 0 Å². The van der Waals surface area contributed by atoms with Crippen LogP contribution in [0, 0.1) is 0 Å². The molecular weight excluding hydrogens is 293 g/mol. The van der Waals surface area contributed by atoms with E-state index < -0.39 is 5.54 Å². The molecule has 0 fully saturated rings. The number of hydrogen-bond acceptors (Lipinski definition) is 2. The summed E-state index contributed by atoms with van der Waals surface area (Å²) in [6.07, 6.45) is 1.97. The molecule has 1 unspecified atom stereocenters. The number of nitrogens with zero attached hydrogens (tertiary/aromatic N) is 1. The second-order valence-corrected chi connectivity index (χ2v) is 6.85. The molecule has 110 valence electrons. The summed E-state index contributed by atoms with van der Waals surface area (Å²) in [6.45, 7) is 3.95. The summed E-state index contributed by atoms with van der Waals surface area (Å²) >= 11 is 0. The molecule has 2 aromatic heterocycles. The van der Waals surface area contributed by atoms with E-state index in [1.807, 2.05) is 32.2 Å². The zero-order valence-electron chi connectivity index (χ0n) is 12.4. The minimum atomic E-state index is -0.429. The summed E-state index contributed by atoms with van der Waals surface area (Å²) in [5.41, 5.74) is 4.07. The summed E-state index contributed by atoms with van der Waals surface area (Å²) in [4.78, 5) is 20.0. The normalized spacial score (nSPS) is 15.9. The van der Waals surface area contributed by atoms with E-state index in [0.29, 0.717) is 5.56 Å². The van der Waals surface area contributed by atoms with Gasteiger partial charge in [-0.1, -0.05) is 12.1 Å². The fraction of sp³-hybridized carbons (Fsp3) is 0.176. The van der Waals surface area contributed by atoms with E-state index >= 15 is 0 Å². The Hall–Kier alpha value is -2.19. The van der Waals surface area contributed by atoms with Crippen molar-refractivity contribution < 1.29 is 4.79 Å². The summed E-state index contributed by atoms with van der Waals surface area (Å²) in [7, 11) is 2.70. The predicted octanol–water partition coefficient (Wildman–Crippen LogP) is 2.71. The molecule has 22 heavy (non-hydrogen) atoms. The molecule has 0 spiro atoms. The molecule has 4 nitrogen and oxygen atoms in total. The van der Waals surface area contributed by atoms with Gasteiger partial charge in [0.05, 0.1) is 22.5 Å². The first-order chi connectivity index (χ1) is 10.5. The molecule has 1 amide bonds. The average molecular weight is 309 g/mol. The number of benzene rings is 1. The van der Waals surface area contributed by atoms with Crippen LogP contribution in [0.1, 0.15) is 29.9 Å². The molecule has 1 aromatic carbocycles. The zero-order valence-corrected chi connectivity index (χ0v) is 13.6. The Kier molecular flexibility index (Phi) is 2.70. The number of hydrogen-bond donors (Lipinski definition) is 2. The van der Waals surface area contributed by atoms with Crippen LogP contribution >= 0.6 is 9.24 Å². The first-order valence-corrected chi connectivity index (χ1v) is 7.74. The van der Waals surface area contributed by atoms with Crippen LogP contribution in [0.25, 0.3) is 22.2 Å². The van der Waals surface area contributed by atoms with Gasteiger partial charge in [-0.05, 0) is 37.4 Å². The molecular formula is C17H16N3OP. The molecule has 1 aliphatic rings. The second kappa shape index (κ2) is 4.40. The molecule has 5 heteroatoms. The number of amides is 1. The van der Waals surface area contributed by atoms with E-state index in [-0.39, 0.29) is 5.91 Å². The Morgan fingerprint density at radius 2 is 1.95 bits per heavy atom. The minimum Gasteiger partial charge on any atom is -0.360 e. The van der Waals surface area contributed by atoms with E-state index in [4.69, 9.17) is 4.98 Å². The highest BCUT2D eigenvalue weighted by atomic mass is 31.0. The van der Waals surface area contributed by atoms with Crippen LogP contribution in [-0.2, 0) is 5.54 Å². The van der Waals surface area contributed by atoms with Gasteiger partial charge in [0.25, 0.3) is 5.91 Å². The first-order valence-electron chi connectivity index (χ1n) is 7.17. The third kappa shape index (κ3) is 1.87. The van der Waals surface area contributed by atoms with Gasteiger partial charge in [0.2, 0.25) is 0 Å². The summed E-state index contributed by atoms with van der Waals surface area (Å²) < 4.78 is 0. The highest BCUT2D eigenvalue weighted by Gasteiger charge is 2.36. The number of fused-ring (bicyclic) bond motifs is 2. The summed E-state index contributed by atoms with van der Waals surface area (Å²) in [5.74, 6) is -0.0503. The maximum absolute atomic E-state index is 12.0. The van der Waals surface area contributed by atoms with Crippen molar-refractivity contribution in [2.24, 2.45) is 0 Å². The molecule has 0 bridgehead atoms. The predicted molar refractivity (Wildman–Crippen MR) is 91.4 cm³/mol. The quantitative estimate of drug-likeness (QED) is 0.679. The number of pyridine rings is 1. The second-order valence-electron chi connectivity index (χ2n) is 6.18. The lowest BCUT2D eigenvalue weighted by molar-refractivity contribution is 0.0940. The molecule has 1 atom stereocenters. The topological polar surface area (TPSA) is 57.8 Å². The van der Waals surface area contributed by atoms with Gasteiger partial charge in [-0.3, -0.25) is 4.79 Å². The Balaban J connectivity index is 1.92. The number of aromatic amines is 1. The lowest BCUT2D eigenvalue weighted by atomic mass is 9.99. The summed E-state index contributed by atoms with van der Waals surface area (Å²) in [6, 6.07) is 10.0. The van der Waals surface area contributed by atoms with Crippen molar-refractivity contribution in [3.63, 3.8) is 0 Å². The van der Waals surface area contributed by atoms with Gasteiger partial charge in [0.1, 0.15) is 0 Å². The van der Waals surface area contributed by atoms with E-state index in [2.05, 4.69) is 37.7 Å². The van der Waals surface area contributed by atoms with E-state index in [1.165, 1.54) is 0 Å². The number of carbonyl (C=O) groups is 1. The van der Waals surface area contributed by atoms with Crippen molar-refractivity contribution in [3.05, 3.63) is 47.8 Å². The SMILES string of the molecule is CC1(C)NC(=O)c2ccc(-c3c[nH]c4cc(P)ccc34)nc21. The van der Waals surface area contributed by atoms with Gasteiger partial charge < -0.3 is 10.3 Å². The largest absolute Gasteiger partial charge is 0.360 e. The Labute approximate surface area is 130 Å². The van der Waals surface area contributed by atoms with E-state index in [9.17, 15) is 4.79 Å². The van der Waals surface area contributed by atoms with Crippen molar-refractivity contribution >= 4 is 31.4 Å². The molecule has 3 aromatic rings. The van der Waals surface area contributed by atoms with Gasteiger partial charge in [-0.2, -0.15) is 0 Å². The summed E-state index contributed by atoms with van der Waals surface area (Å²) in [5, 5.41) is 5.23. The first kappa shape index (κ1) is 13.5.